The van der Waals surface area contributed by atoms with Crippen LogP contribution in [0.1, 0.15) is 26.7 Å². The van der Waals surface area contributed by atoms with Crippen molar-refractivity contribution >= 4 is 11.6 Å². The molecule has 1 aromatic carbocycles. The fourth-order valence-corrected chi connectivity index (χ4v) is 2.46. The molecule has 1 unspecified atom stereocenters. The van der Waals surface area contributed by atoms with Crippen LogP contribution in [0, 0.1) is 5.41 Å². The number of rotatable bonds is 5. The molecule has 1 amide bonds. The van der Waals surface area contributed by atoms with Crippen LogP contribution >= 0.6 is 0 Å². The van der Waals surface area contributed by atoms with Crippen LogP contribution in [-0.4, -0.2) is 25.6 Å². The third-order valence-corrected chi connectivity index (χ3v) is 3.83. The second-order valence-corrected chi connectivity index (χ2v) is 4.97. The van der Waals surface area contributed by atoms with Crippen molar-refractivity contribution in [2.45, 2.75) is 26.7 Å². The second-order valence-electron chi connectivity index (χ2n) is 4.97. The number of hydrogen-bond acceptors (Lipinski definition) is 3. The normalized spacial score (nSPS) is 22.2. The number of benzene rings is 1. The molecule has 0 spiro atoms. The molecular formula is C15H22N2O2. The minimum atomic E-state index is -0.251. The standard InChI is InChI=1S/C15H22N2O2/c1-3-15(9-10-16-11-15)14(18)17-12-5-7-13(8-6-12)19-4-2/h5-8,16H,3-4,9-11H2,1-2H3,(H,17,18). The number of anilines is 1. The van der Waals surface area contributed by atoms with Gasteiger partial charge in [0.25, 0.3) is 0 Å². The molecule has 1 aliphatic heterocycles. The van der Waals surface area contributed by atoms with Gasteiger partial charge in [-0.25, -0.2) is 0 Å². The van der Waals surface area contributed by atoms with E-state index < -0.39 is 0 Å². The quantitative estimate of drug-likeness (QED) is 0.856. The van der Waals surface area contributed by atoms with Crippen LogP contribution in [-0.2, 0) is 4.79 Å². The van der Waals surface area contributed by atoms with E-state index in [1.807, 2.05) is 31.2 Å². The Bertz CT molecular complexity index is 422. The van der Waals surface area contributed by atoms with Gasteiger partial charge in [0.2, 0.25) is 5.91 Å². The molecular weight excluding hydrogens is 240 g/mol. The number of carbonyl (C=O) groups is 1. The van der Waals surface area contributed by atoms with Crippen molar-refractivity contribution < 1.29 is 9.53 Å². The van der Waals surface area contributed by atoms with E-state index in [2.05, 4.69) is 17.6 Å². The van der Waals surface area contributed by atoms with E-state index >= 15 is 0 Å². The average molecular weight is 262 g/mol. The highest BCUT2D eigenvalue weighted by atomic mass is 16.5. The minimum absolute atomic E-state index is 0.115. The topological polar surface area (TPSA) is 50.4 Å². The third-order valence-electron chi connectivity index (χ3n) is 3.83. The Morgan fingerprint density at radius 1 is 1.37 bits per heavy atom. The molecule has 0 radical (unpaired) electrons. The molecule has 0 bridgehead atoms. The molecule has 1 aliphatic rings. The molecule has 104 valence electrons. The lowest BCUT2D eigenvalue weighted by molar-refractivity contribution is -0.124. The number of hydrogen-bond donors (Lipinski definition) is 2. The average Bonchev–Trinajstić information content (AvgIpc) is 2.91. The van der Waals surface area contributed by atoms with Gasteiger partial charge in [0.1, 0.15) is 5.75 Å². The molecule has 0 aliphatic carbocycles. The summed E-state index contributed by atoms with van der Waals surface area (Å²) in [6, 6.07) is 7.53. The summed E-state index contributed by atoms with van der Waals surface area (Å²) < 4.78 is 5.38. The van der Waals surface area contributed by atoms with Gasteiger partial charge in [-0.05, 0) is 50.6 Å². The number of amides is 1. The van der Waals surface area contributed by atoms with E-state index in [0.29, 0.717) is 6.61 Å². The van der Waals surface area contributed by atoms with E-state index in [0.717, 1.165) is 37.4 Å². The molecule has 4 nitrogen and oxygen atoms in total. The summed E-state index contributed by atoms with van der Waals surface area (Å²) in [6.45, 7) is 6.37. The summed E-state index contributed by atoms with van der Waals surface area (Å²) in [6.07, 6.45) is 1.77. The molecule has 1 aromatic rings. The Morgan fingerprint density at radius 2 is 2.11 bits per heavy atom. The van der Waals surface area contributed by atoms with Crippen molar-refractivity contribution in [3.8, 4) is 5.75 Å². The van der Waals surface area contributed by atoms with Crippen LogP contribution in [0.25, 0.3) is 0 Å². The molecule has 1 heterocycles. The smallest absolute Gasteiger partial charge is 0.231 e. The van der Waals surface area contributed by atoms with Crippen LogP contribution in [0.2, 0.25) is 0 Å². The van der Waals surface area contributed by atoms with Crippen molar-refractivity contribution in [1.82, 2.24) is 5.32 Å². The molecule has 2 N–H and O–H groups in total. The number of nitrogens with one attached hydrogen (secondary N) is 2. The molecule has 4 heteroatoms. The minimum Gasteiger partial charge on any atom is -0.494 e. The zero-order valence-electron chi connectivity index (χ0n) is 11.7. The van der Waals surface area contributed by atoms with E-state index in [-0.39, 0.29) is 11.3 Å². The second kappa shape index (κ2) is 6.06. The van der Waals surface area contributed by atoms with Gasteiger partial charge in [-0.1, -0.05) is 6.92 Å². The van der Waals surface area contributed by atoms with Crippen molar-refractivity contribution in [2.75, 3.05) is 25.0 Å². The van der Waals surface area contributed by atoms with E-state index in [1.165, 1.54) is 0 Å². The fourth-order valence-electron chi connectivity index (χ4n) is 2.46. The summed E-state index contributed by atoms with van der Waals surface area (Å²) in [7, 11) is 0. The first-order valence-electron chi connectivity index (χ1n) is 6.95. The summed E-state index contributed by atoms with van der Waals surface area (Å²) >= 11 is 0. The first-order chi connectivity index (χ1) is 9.20. The van der Waals surface area contributed by atoms with Crippen LogP contribution in [0.5, 0.6) is 5.75 Å². The molecule has 1 saturated heterocycles. The zero-order chi connectivity index (χ0) is 13.7. The SMILES string of the molecule is CCOc1ccc(NC(=O)C2(CC)CCNC2)cc1. The summed E-state index contributed by atoms with van der Waals surface area (Å²) in [4.78, 5) is 12.4. The van der Waals surface area contributed by atoms with Crippen LogP contribution < -0.4 is 15.4 Å². The van der Waals surface area contributed by atoms with Crippen molar-refractivity contribution in [3.63, 3.8) is 0 Å². The van der Waals surface area contributed by atoms with Crippen LogP contribution in [0.3, 0.4) is 0 Å². The largest absolute Gasteiger partial charge is 0.494 e. The summed E-state index contributed by atoms with van der Waals surface area (Å²) in [5.74, 6) is 0.942. The van der Waals surface area contributed by atoms with E-state index in [4.69, 9.17) is 4.74 Å². The van der Waals surface area contributed by atoms with Gasteiger partial charge in [0.15, 0.2) is 0 Å². The summed E-state index contributed by atoms with van der Waals surface area (Å²) in [5, 5.41) is 6.29. The van der Waals surface area contributed by atoms with Crippen LogP contribution in [0.15, 0.2) is 24.3 Å². The maximum Gasteiger partial charge on any atom is 0.231 e. The third kappa shape index (κ3) is 3.07. The molecule has 2 rings (SSSR count). The van der Waals surface area contributed by atoms with Gasteiger partial charge >= 0.3 is 0 Å². The highest BCUT2D eigenvalue weighted by Gasteiger charge is 2.39. The lowest BCUT2D eigenvalue weighted by atomic mass is 9.83. The van der Waals surface area contributed by atoms with E-state index in [9.17, 15) is 4.79 Å². The maximum atomic E-state index is 12.4. The van der Waals surface area contributed by atoms with Crippen molar-refractivity contribution in [2.24, 2.45) is 5.41 Å². The molecule has 1 fully saturated rings. The monoisotopic (exact) mass is 262 g/mol. The number of carbonyl (C=O) groups excluding carboxylic acids is 1. The van der Waals surface area contributed by atoms with Gasteiger partial charge in [0.05, 0.1) is 12.0 Å². The van der Waals surface area contributed by atoms with Gasteiger partial charge in [0, 0.05) is 12.2 Å². The Hall–Kier alpha value is -1.55. The van der Waals surface area contributed by atoms with Gasteiger partial charge in [-0.15, -0.1) is 0 Å². The fraction of sp³-hybridized carbons (Fsp3) is 0.533. The Labute approximate surface area is 114 Å². The molecule has 0 aromatic heterocycles. The molecule has 19 heavy (non-hydrogen) atoms. The van der Waals surface area contributed by atoms with Crippen LogP contribution in [0.4, 0.5) is 5.69 Å². The summed E-state index contributed by atoms with van der Waals surface area (Å²) in [5.41, 5.74) is 0.576. The van der Waals surface area contributed by atoms with Gasteiger partial charge < -0.3 is 15.4 Å². The lowest BCUT2D eigenvalue weighted by Gasteiger charge is -2.25. The number of ether oxygens (including phenoxy) is 1. The molecule has 0 saturated carbocycles. The highest BCUT2D eigenvalue weighted by Crippen LogP contribution is 2.31. The van der Waals surface area contributed by atoms with Crippen molar-refractivity contribution in [3.05, 3.63) is 24.3 Å². The van der Waals surface area contributed by atoms with E-state index in [1.54, 1.807) is 0 Å². The first kappa shape index (κ1) is 13.9. The first-order valence-corrected chi connectivity index (χ1v) is 6.95. The predicted octanol–water partition coefficient (Wildman–Crippen LogP) is 2.41. The highest BCUT2D eigenvalue weighted by molar-refractivity contribution is 5.95. The maximum absolute atomic E-state index is 12.4. The van der Waals surface area contributed by atoms with Crippen molar-refractivity contribution in [1.29, 1.82) is 0 Å². The van der Waals surface area contributed by atoms with Gasteiger partial charge in [-0.2, -0.15) is 0 Å². The molecule has 1 atom stereocenters. The Morgan fingerprint density at radius 3 is 2.63 bits per heavy atom. The van der Waals surface area contributed by atoms with Gasteiger partial charge in [-0.3, -0.25) is 4.79 Å². The lowest BCUT2D eigenvalue weighted by Crippen LogP contribution is -2.37. The zero-order valence-corrected chi connectivity index (χ0v) is 11.7. The Kier molecular flexibility index (Phi) is 4.43. The predicted molar refractivity (Wildman–Crippen MR) is 76.5 cm³/mol. The Balaban J connectivity index is 2.02.